The molecule has 0 fully saturated rings. The standard InChI is InChI=1S/C17H30N2O2/c1-14(2)12-19(9-10-20-3)17(11-18)16-7-5-15(6-8-16)13-21-4/h5-8,14,17H,9-13,18H2,1-4H3. The second-order valence-electron chi connectivity index (χ2n) is 5.81. The van der Waals surface area contributed by atoms with Gasteiger partial charge < -0.3 is 15.2 Å². The fourth-order valence-electron chi connectivity index (χ4n) is 2.55. The fraction of sp³-hybridized carbons (Fsp3) is 0.647. The number of nitrogens with two attached hydrogens (primary N) is 1. The van der Waals surface area contributed by atoms with Gasteiger partial charge in [-0.25, -0.2) is 0 Å². The second kappa shape index (κ2) is 9.90. The average molecular weight is 294 g/mol. The normalized spacial score (nSPS) is 13.1. The van der Waals surface area contributed by atoms with E-state index < -0.39 is 0 Å². The molecule has 1 aromatic carbocycles. The van der Waals surface area contributed by atoms with Crippen LogP contribution >= 0.6 is 0 Å². The van der Waals surface area contributed by atoms with Crippen molar-refractivity contribution in [3.8, 4) is 0 Å². The van der Waals surface area contributed by atoms with Crippen LogP contribution in [0.25, 0.3) is 0 Å². The number of rotatable bonds is 10. The van der Waals surface area contributed by atoms with Crippen LogP contribution in [0.15, 0.2) is 24.3 Å². The molecule has 4 nitrogen and oxygen atoms in total. The summed E-state index contributed by atoms with van der Waals surface area (Å²) in [6.07, 6.45) is 0. The summed E-state index contributed by atoms with van der Waals surface area (Å²) in [5, 5.41) is 0. The first-order valence-electron chi connectivity index (χ1n) is 7.63. The van der Waals surface area contributed by atoms with Crippen molar-refractivity contribution in [2.75, 3.05) is 40.5 Å². The Bertz CT molecular complexity index is 379. The van der Waals surface area contributed by atoms with Crippen molar-refractivity contribution in [3.63, 3.8) is 0 Å². The molecule has 4 heteroatoms. The number of hydrogen-bond acceptors (Lipinski definition) is 4. The fourth-order valence-corrected chi connectivity index (χ4v) is 2.55. The molecule has 1 rings (SSSR count). The van der Waals surface area contributed by atoms with Gasteiger partial charge in [-0.15, -0.1) is 0 Å². The zero-order chi connectivity index (χ0) is 15.7. The highest BCUT2D eigenvalue weighted by molar-refractivity contribution is 5.25. The molecule has 0 radical (unpaired) electrons. The van der Waals surface area contributed by atoms with Gasteiger partial charge >= 0.3 is 0 Å². The predicted molar refractivity (Wildman–Crippen MR) is 87.2 cm³/mol. The van der Waals surface area contributed by atoms with Crippen LogP contribution in [0.1, 0.15) is 31.0 Å². The molecule has 0 aliphatic heterocycles. The van der Waals surface area contributed by atoms with E-state index in [0.29, 0.717) is 19.1 Å². The minimum Gasteiger partial charge on any atom is -0.383 e. The van der Waals surface area contributed by atoms with Gasteiger partial charge in [0.05, 0.1) is 13.2 Å². The first-order valence-corrected chi connectivity index (χ1v) is 7.63. The van der Waals surface area contributed by atoms with Gasteiger partial charge in [-0.1, -0.05) is 38.1 Å². The van der Waals surface area contributed by atoms with Crippen LogP contribution < -0.4 is 5.73 Å². The molecule has 0 aromatic heterocycles. The maximum atomic E-state index is 6.04. The van der Waals surface area contributed by atoms with Crippen LogP contribution in [0.2, 0.25) is 0 Å². The Morgan fingerprint density at radius 3 is 2.24 bits per heavy atom. The van der Waals surface area contributed by atoms with E-state index in [4.69, 9.17) is 15.2 Å². The lowest BCUT2D eigenvalue weighted by Gasteiger charge is -2.32. The molecular weight excluding hydrogens is 264 g/mol. The topological polar surface area (TPSA) is 47.7 Å². The van der Waals surface area contributed by atoms with E-state index in [1.165, 1.54) is 11.1 Å². The highest BCUT2D eigenvalue weighted by Gasteiger charge is 2.19. The van der Waals surface area contributed by atoms with Crippen LogP contribution in [0.3, 0.4) is 0 Å². The lowest BCUT2D eigenvalue weighted by Crippen LogP contribution is -2.38. The predicted octanol–water partition coefficient (Wildman–Crippen LogP) is 2.44. The van der Waals surface area contributed by atoms with Crippen LogP contribution in [-0.2, 0) is 16.1 Å². The summed E-state index contributed by atoms with van der Waals surface area (Å²) >= 11 is 0. The molecule has 0 heterocycles. The largest absolute Gasteiger partial charge is 0.383 e. The lowest BCUT2D eigenvalue weighted by molar-refractivity contribution is 0.112. The molecule has 1 unspecified atom stereocenters. The highest BCUT2D eigenvalue weighted by Crippen LogP contribution is 2.21. The second-order valence-corrected chi connectivity index (χ2v) is 5.81. The van der Waals surface area contributed by atoms with Gasteiger partial charge in [0.2, 0.25) is 0 Å². The Hall–Kier alpha value is -0.940. The number of methoxy groups -OCH3 is 2. The molecule has 2 N–H and O–H groups in total. The van der Waals surface area contributed by atoms with Gasteiger partial charge in [0, 0.05) is 39.9 Å². The average Bonchev–Trinajstić information content (AvgIpc) is 2.47. The number of hydrogen-bond donors (Lipinski definition) is 1. The van der Waals surface area contributed by atoms with Crippen molar-refractivity contribution < 1.29 is 9.47 Å². The molecular formula is C17H30N2O2. The van der Waals surface area contributed by atoms with E-state index in [0.717, 1.165) is 19.7 Å². The minimum atomic E-state index is 0.235. The zero-order valence-corrected chi connectivity index (χ0v) is 13.8. The summed E-state index contributed by atoms with van der Waals surface area (Å²) in [7, 11) is 3.45. The molecule has 1 atom stereocenters. The number of nitrogens with zero attached hydrogens (tertiary/aromatic N) is 1. The molecule has 0 bridgehead atoms. The van der Waals surface area contributed by atoms with E-state index in [-0.39, 0.29) is 6.04 Å². The summed E-state index contributed by atoms with van der Waals surface area (Å²) in [6, 6.07) is 8.79. The van der Waals surface area contributed by atoms with Crippen molar-refractivity contribution in [3.05, 3.63) is 35.4 Å². The summed E-state index contributed by atoms with van der Waals surface area (Å²) in [4.78, 5) is 2.42. The Morgan fingerprint density at radius 1 is 1.10 bits per heavy atom. The lowest BCUT2D eigenvalue weighted by atomic mass is 10.0. The summed E-state index contributed by atoms with van der Waals surface area (Å²) in [5.41, 5.74) is 8.49. The summed E-state index contributed by atoms with van der Waals surface area (Å²) in [5.74, 6) is 0.601. The van der Waals surface area contributed by atoms with Crippen molar-refractivity contribution in [2.45, 2.75) is 26.5 Å². The minimum absolute atomic E-state index is 0.235. The van der Waals surface area contributed by atoms with Crippen molar-refractivity contribution in [1.29, 1.82) is 0 Å². The molecule has 1 aromatic rings. The monoisotopic (exact) mass is 294 g/mol. The van der Waals surface area contributed by atoms with Crippen molar-refractivity contribution in [2.24, 2.45) is 11.7 Å². The van der Waals surface area contributed by atoms with Gasteiger partial charge in [-0.3, -0.25) is 4.90 Å². The van der Waals surface area contributed by atoms with Gasteiger partial charge in [0.1, 0.15) is 0 Å². The molecule has 0 saturated heterocycles. The number of benzene rings is 1. The quantitative estimate of drug-likeness (QED) is 0.720. The first-order chi connectivity index (χ1) is 10.1. The molecule has 120 valence electrons. The third kappa shape index (κ3) is 6.14. The van der Waals surface area contributed by atoms with E-state index >= 15 is 0 Å². The van der Waals surface area contributed by atoms with Crippen LogP contribution in [0.4, 0.5) is 0 Å². The molecule has 21 heavy (non-hydrogen) atoms. The summed E-state index contributed by atoms with van der Waals surface area (Å²) in [6.45, 7) is 8.36. The van der Waals surface area contributed by atoms with Gasteiger partial charge in [0.25, 0.3) is 0 Å². The Balaban J connectivity index is 2.84. The van der Waals surface area contributed by atoms with Gasteiger partial charge in [-0.2, -0.15) is 0 Å². The van der Waals surface area contributed by atoms with E-state index in [9.17, 15) is 0 Å². The van der Waals surface area contributed by atoms with Crippen molar-refractivity contribution >= 4 is 0 Å². The van der Waals surface area contributed by atoms with Crippen LogP contribution in [-0.4, -0.2) is 45.4 Å². The van der Waals surface area contributed by atoms with Crippen LogP contribution in [0.5, 0.6) is 0 Å². The Labute approximate surface area is 129 Å². The molecule has 0 spiro atoms. The third-order valence-corrected chi connectivity index (χ3v) is 3.52. The Morgan fingerprint density at radius 2 is 1.76 bits per heavy atom. The maximum absolute atomic E-state index is 6.04. The third-order valence-electron chi connectivity index (χ3n) is 3.52. The van der Waals surface area contributed by atoms with Gasteiger partial charge in [0.15, 0.2) is 0 Å². The SMILES string of the molecule is COCCN(CC(C)C)C(CN)c1ccc(COC)cc1. The maximum Gasteiger partial charge on any atom is 0.0713 e. The Kier molecular flexibility index (Phi) is 8.54. The van der Waals surface area contributed by atoms with Gasteiger partial charge in [-0.05, 0) is 17.0 Å². The molecule has 0 amide bonds. The number of ether oxygens (including phenoxy) is 2. The van der Waals surface area contributed by atoms with E-state index in [1.807, 2.05) is 0 Å². The smallest absolute Gasteiger partial charge is 0.0713 e. The molecule has 0 saturated carbocycles. The molecule has 0 aliphatic carbocycles. The summed E-state index contributed by atoms with van der Waals surface area (Å²) < 4.78 is 10.4. The van der Waals surface area contributed by atoms with E-state index in [2.05, 4.69) is 43.0 Å². The van der Waals surface area contributed by atoms with Crippen LogP contribution in [0, 0.1) is 5.92 Å². The van der Waals surface area contributed by atoms with E-state index in [1.54, 1.807) is 14.2 Å². The molecule has 0 aliphatic rings. The first kappa shape index (κ1) is 18.1. The zero-order valence-electron chi connectivity index (χ0n) is 13.8. The van der Waals surface area contributed by atoms with Crippen molar-refractivity contribution in [1.82, 2.24) is 4.90 Å². The highest BCUT2D eigenvalue weighted by atomic mass is 16.5.